The molecule has 7 heteroatoms. The number of carbonyl (C=O) groups is 2. The molecule has 0 saturated heterocycles. The molecule has 1 fully saturated rings. The number of rotatable bonds is 5. The number of aliphatic hydroxyl groups is 1. The van der Waals surface area contributed by atoms with Crippen LogP contribution in [0.5, 0.6) is 0 Å². The van der Waals surface area contributed by atoms with Crippen molar-refractivity contribution in [1.82, 2.24) is 4.57 Å². The molecule has 0 spiro atoms. The van der Waals surface area contributed by atoms with Crippen LogP contribution in [0, 0.1) is 0 Å². The zero-order chi connectivity index (χ0) is 21.0. The van der Waals surface area contributed by atoms with E-state index in [0.717, 1.165) is 40.0 Å². The quantitative estimate of drug-likeness (QED) is 0.501. The summed E-state index contributed by atoms with van der Waals surface area (Å²) in [6.07, 6.45) is 5.18. The minimum Gasteiger partial charge on any atom is -0.462 e. The number of thiophene rings is 1. The van der Waals surface area contributed by atoms with E-state index >= 15 is 0 Å². The minimum atomic E-state index is -0.635. The predicted octanol–water partition coefficient (Wildman–Crippen LogP) is 3.51. The van der Waals surface area contributed by atoms with Crippen molar-refractivity contribution in [2.45, 2.75) is 44.8 Å². The topological polar surface area (TPSA) is 85.6 Å². The van der Waals surface area contributed by atoms with E-state index in [-0.39, 0.29) is 24.3 Å². The van der Waals surface area contributed by atoms with Crippen molar-refractivity contribution in [2.75, 3.05) is 6.61 Å². The molecular formula is C23H21NO5S. The zero-order valence-corrected chi connectivity index (χ0v) is 17.3. The maximum absolute atomic E-state index is 13.1. The van der Waals surface area contributed by atoms with Crippen LogP contribution in [0.4, 0.5) is 0 Å². The molecule has 2 aliphatic carbocycles. The van der Waals surface area contributed by atoms with Gasteiger partial charge in [-0.2, -0.15) is 0 Å². The second-order valence-corrected chi connectivity index (χ2v) is 9.03. The van der Waals surface area contributed by atoms with E-state index in [1.54, 1.807) is 36.6 Å². The SMILES string of the molecule is CCOC(=O)c1cn(C2CC2)c2c(C=O)c(-c3cc4c(s3)CC(O)C4)ccc2c1=O. The van der Waals surface area contributed by atoms with Gasteiger partial charge in [0.1, 0.15) is 5.56 Å². The smallest absolute Gasteiger partial charge is 0.343 e. The summed E-state index contributed by atoms with van der Waals surface area (Å²) < 4.78 is 6.97. The molecule has 0 aliphatic heterocycles. The Hall–Kier alpha value is -2.77. The maximum atomic E-state index is 13.1. The van der Waals surface area contributed by atoms with Crippen LogP contribution in [-0.4, -0.2) is 34.6 Å². The van der Waals surface area contributed by atoms with Crippen LogP contribution in [0.3, 0.4) is 0 Å². The number of pyridine rings is 1. The van der Waals surface area contributed by atoms with Gasteiger partial charge in [-0.3, -0.25) is 9.59 Å². The summed E-state index contributed by atoms with van der Waals surface area (Å²) in [5.74, 6) is -0.635. The predicted molar refractivity (Wildman–Crippen MR) is 115 cm³/mol. The molecule has 3 aromatic rings. The van der Waals surface area contributed by atoms with Gasteiger partial charge >= 0.3 is 5.97 Å². The molecule has 1 saturated carbocycles. The highest BCUT2D eigenvalue weighted by molar-refractivity contribution is 7.15. The monoisotopic (exact) mass is 423 g/mol. The fraction of sp³-hybridized carbons (Fsp3) is 0.348. The molecule has 1 aromatic carbocycles. The van der Waals surface area contributed by atoms with Crippen molar-refractivity contribution in [3.05, 3.63) is 56.2 Å². The Morgan fingerprint density at radius 1 is 1.33 bits per heavy atom. The number of benzene rings is 1. The Bertz CT molecular complexity index is 1230. The van der Waals surface area contributed by atoms with Gasteiger partial charge < -0.3 is 14.4 Å². The van der Waals surface area contributed by atoms with Gasteiger partial charge in [-0.05, 0) is 43.9 Å². The number of nitrogens with zero attached hydrogens (tertiary/aromatic N) is 1. The van der Waals surface area contributed by atoms with Gasteiger partial charge in [-0.15, -0.1) is 11.3 Å². The summed E-state index contributed by atoms with van der Waals surface area (Å²) in [7, 11) is 0. The molecule has 1 unspecified atom stereocenters. The highest BCUT2D eigenvalue weighted by Gasteiger charge is 2.30. The van der Waals surface area contributed by atoms with Gasteiger partial charge in [-0.1, -0.05) is 6.07 Å². The summed E-state index contributed by atoms with van der Waals surface area (Å²) in [5.41, 5.74) is 2.54. The summed E-state index contributed by atoms with van der Waals surface area (Å²) in [4.78, 5) is 39.7. The third-order valence-electron chi connectivity index (χ3n) is 5.82. The number of esters is 1. The Balaban J connectivity index is 1.74. The number of aldehydes is 1. The number of aromatic nitrogens is 1. The number of fused-ring (bicyclic) bond motifs is 2. The molecule has 0 amide bonds. The lowest BCUT2D eigenvalue weighted by atomic mass is 10.00. The zero-order valence-electron chi connectivity index (χ0n) is 16.5. The van der Waals surface area contributed by atoms with Crippen molar-refractivity contribution in [1.29, 1.82) is 0 Å². The minimum absolute atomic E-state index is 0.00457. The van der Waals surface area contributed by atoms with Crippen molar-refractivity contribution in [3.63, 3.8) is 0 Å². The van der Waals surface area contributed by atoms with Crippen molar-refractivity contribution in [3.8, 4) is 10.4 Å². The third kappa shape index (κ3) is 3.00. The van der Waals surface area contributed by atoms with Crippen LogP contribution in [0.2, 0.25) is 0 Å². The van der Waals surface area contributed by atoms with Gasteiger partial charge in [0.25, 0.3) is 0 Å². The van der Waals surface area contributed by atoms with E-state index < -0.39 is 11.4 Å². The van der Waals surface area contributed by atoms with E-state index in [0.29, 0.717) is 29.3 Å². The van der Waals surface area contributed by atoms with Crippen LogP contribution >= 0.6 is 11.3 Å². The molecule has 1 atom stereocenters. The molecule has 30 heavy (non-hydrogen) atoms. The summed E-state index contributed by atoms with van der Waals surface area (Å²) in [5, 5.41) is 10.2. The van der Waals surface area contributed by atoms with Gasteiger partial charge in [0.2, 0.25) is 5.43 Å². The number of ether oxygens (including phenoxy) is 1. The van der Waals surface area contributed by atoms with Gasteiger partial charge in [0.05, 0.1) is 18.2 Å². The first-order valence-corrected chi connectivity index (χ1v) is 11.0. The molecule has 154 valence electrons. The second kappa shape index (κ2) is 7.18. The van der Waals surface area contributed by atoms with E-state index in [9.17, 15) is 19.5 Å². The average molecular weight is 423 g/mol. The molecule has 2 aromatic heterocycles. The van der Waals surface area contributed by atoms with Crippen LogP contribution in [-0.2, 0) is 17.6 Å². The summed E-state index contributed by atoms with van der Waals surface area (Å²) >= 11 is 1.59. The second-order valence-electron chi connectivity index (χ2n) is 7.89. The molecule has 0 radical (unpaired) electrons. The molecule has 5 rings (SSSR count). The fourth-order valence-electron chi connectivity index (χ4n) is 4.29. The first kappa shape index (κ1) is 19.2. The van der Waals surface area contributed by atoms with Crippen molar-refractivity contribution in [2.24, 2.45) is 0 Å². The Kier molecular flexibility index (Phi) is 4.60. The highest BCUT2D eigenvalue weighted by atomic mass is 32.1. The Morgan fingerprint density at radius 3 is 2.80 bits per heavy atom. The molecule has 1 N–H and O–H groups in total. The maximum Gasteiger partial charge on any atom is 0.343 e. The summed E-state index contributed by atoms with van der Waals surface area (Å²) in [6, 6.07) is 5.70. The molecule has 0 bridgehead atoms. The molecule has 6 nitrogen and oxygen atoms in total. The van der Waals surface area contributed by atoms with Crippen molar-refractivity contribution >= 4 is 34.5 Å². The standard InChI is InChI=1S/C23H21NO5S/c1-2-29-23(28)17-10-24(13-3-4-13)21-16(22(17)27)6-5-15(18(21)11-25)20-8-12-7-14(26)9-19(12)30-20/h5-6,8,10-11,13-14,26H,2-4,7,9H2,1H3. The summed E-state index contributed by atoms with van der Waals surface area (Å²) in [6.45, 7) is 1.89. The number of aliphatic hydroxyl groups excluding tert-OH is 1. The van der Waals surface area contributed by atoms with Gasteiger partial charge in [0, 0.05) is 44.9 Å². The van der Waals surface area contributed by atoms with Crippen LogP contribution < -0.4 is 5.43 Å². The lowest BCUT2D eigenvalue weighted by molar-refractivity contribution is 0.0524. The Labute approximate surface area is 176 Å². The molecular weight excluding hydrogens is 402 g/mol. The molecule has 2 heterocycles. The number of hydrogen-bond donors (Lipinski definition) is 1. The van der Waals surface area contributed by atoms with Crippen LogP contribution in [0.25, 0.3) is 21.3 Å². The first-order chi connectivity index (χ1) is 14.5. The van der Waals surface area contributed by atoms with E-state index in [1.807, 2.05) is 10.6 Å². The number of carbonyl (C=O) groups excluding carboxylic acids is 2. The van der Waals surface area contributed by atoms with E-state index in [1.165, 1.54) is 0 Å². The van der Waals surface area contributed by atoms with E-state index in [4.69, 9.17) is 4.74 Å². The van der Waals surface area contributed by atoms with Crippen LogP contribution in [0.1, 0.15) is 57.0 Å². The third-order valence-corrected chi connectivity index (χ3v) is 7.06. The number of hydrogen-bond acceptors (Lipinski definition) is 6. The van der Waals surface area contributed by atoms with Crippen LogP contribution in [0.15, 0.2) is 29.2 Å². The first-order valence-electron chi connectivity index (χ1n) is 10.2. The fourth-order valence-corrected chi connectivity index (χ4v) is 5.59. The lowest BCUT2D eigenvalue weighted by Gasteiger charge is -2.16. The highest BCUT2D eigenvalue weighted by Crippen LogP contribution is 2.42. The lowest BCUT2D eigenvalue weighted by Crippen LogP contribution is -2.21. The van der Waals surface area contributed by atoms with Gasteiger partial charge in [-0.25, -0.2) is 4.79 Å². The van der Waals surface area contributed by atoms with E-state index in [2.05, 4.69) is 0 Å². The van der Waals surface area contributed by atoms with Crippen molar-refractivity contribution < 1.29 is 19.4 Å². The Morgan fingerprint density at radius 2 is 2.13 bits per heavy atom. The molecule has 2 aliphatic rings. The normalized spacial score (nSPS) is 17.9. The largest absolute Gasteiger partial charge is 0.462 e. The average Bonchev–Trinajstić information content (AvgIpc) is 3.41. The van der Waals surface area contributed by atoms with Gasteiger partial charge in [0.15, 0.2) is 6.29 Å².